The number of hydrogen-bond acceptors (Lipinski definition) is 6. The molecule has 12 heteroatoms. The van der Waals surface area contributed by atoms with Gasteiger partial charge in [-0.3, -0.25) is 19.2 Å². The van der Waals surface area contributed by atoms with E-state index < -0.39 is 12.1 Å². The first-order valence-corrected chi connectivity index (χ1v) is 20.5. The molecule has 4 amide bonds. The summed E-state index contributed by atoms with van der Waals surface area (Å²) in [5.74, 6) is 1.37. The molecule has 2 saturated heterocycles. The highest BCUT2D eigenvalue weighted by molar-refractivity contribution is 5.91. The van der Waals surface area contributed by atoms with Gasteiger partial charge in [0.25, 0.3) is 0 Å². The molecule has 8 rings (SSSR count). The number of aryl methyl sites for hydroxylation is 1. The fraction of sp³-hybridized carbons (Fsp3) is 0.455. The van der Waals surface area contributed by atoms with E-state index in [1.54, 1.807) is 0 Å². The SMILES string of the molecule is O=C(N[C@H](C(=O)N1CCC[C@H]1c1ncc(CC=CCCCc2cnc([C@@H]3CCCN3C(=O)[C@@H](NC(=O)C3CC3)c3ccccc3)[nH]2)[nH]1)c1ccccc1)C1CC1. The number of hydrogen-bond donors (Lipinski definition) is 4. The number of carbonyl (C=O) groups excluding carboxylic acids is 4. The lowest BCUT2D eigenvalue weighted by Gasteiger charge is -2.28. The van der Waals surface area contributed by atoms with E-state index in [9.17, 15) is 19.2 Å². The highest BCUT2D eigenvalue weighted by Gasteiger charge is 2.40. The summed E-state index contributed by atoms with van der Waals surface area (Å²) in [7, 11) is 0. The average Bonchev–Trinajstić information content (AvgIpc) is 4.00. The molecule has 2 aliphatic carbocycles. The monoisotopic (exact) mass is 756 g/mol. The van der Waals surface area contributed by atoms with E-state index in [-0.39, 0.29) is 47.5 Å². The van der Waals surface area contributed by atoms with Crippen molar-refractivity contribution >= 4 is 23.6 Å². The molecule has 4 heterocycles. The molecule has 2 aromatic heterocycles. The Bertz CT molecular complexity index is 2020. The summed E-state index contributed by atoms with van der Waals surface area (Å²) < 4.78 is 0. The zero-order chi connectivity index (χ0) is 38.4. The van der Waals surface area contributed by atoms with Gasteiger partial charge in [0.15, 0.2) is 0 Å². The third kappa shape index (κ3) is 8.79. The lowest BCUT2D eigenvalue weighted by Crippen LogP contribution is -2.43. The van der Waals surface area contributed by atoms with Crippen molar-refractivity contribution in [3.05, 3.63) is 119 Å². The molecule has 4 aliphatic rings. The van der Waals surface area contributed by atoms with E-state index in [1.807, 2.05) is 82.9 Å². The van der Waals surface area contributed by atoms with Crippen molar-refractivity contribution < 1.29 is 19.2 Å². The van der Waals surface area contributed by atoms with Crippen molar-refractivity contribution in [2.45, 2.75) is 101 Å². The number of aromatic amines is 2. The van der Waals surface area contributed by atoms with E-state index >= 15 is 0 Å². The van der Waals surface area contributed by atoms with Crippen LogP contribution < -0.4 is 10.6 Å². The predicted molar refractivity (Wildman–Crippen MR) is 210 cm³/mol. The zero-order valence-electron chi connectivity index (χ0n) is 31.9. The van der Waals surface area contributed by atoms with Gasteiger partial charge in [-0.15, -0.1) is 0 Å². The Labute approximate surface area is 328 Å². The van der Waals surface area contributed by atoms with E-state index in [4.69, 9.17) is 4.98 Å². The molecule has 2 saturated carbocycles. The highest BCUT2D eigenvalue weighted by atomic mass is 16.2. The topological polar surface area (TPSA) is 156 Å². The molecule has 4 aromatic rings. The van der Waals surface area contributed by atoms with Crippen LogP contribution in [-0.2, 0) is 32.0 Å². The zero-order valence-corrected chi connectivity index (χ0v) is 31.9. The minimum absolute atomic E-state index is 0.0158. The second kappa shape index (κ2) is 17.1. The summed E-state index contributed by atoms with van der Waals surface area (Å²) in [4.78, 5) is 73.5. The third-order valence-corrected chi connectivity index (χ3v) is 11.5. The number of benzene rings is 2. The largest absolute Gasteiger partial charge is 0.344 e. The molecule has 0 unspecified atom stereocenters. The maximum atomic E-state index is 14.0. The van der Waals surface area contributed by atoms with Gasteiger partial charge in [-0.1, -0.05) is 72.8 Å². The summed E-state index contributed by atoms with van der Waals surface area (Å²) >= 11 is 0. The van der Waals surface area contributed by atoms with Crippen LogP contribution in [-0.4, -0.2) is 66.5 Å². The first kappa shape index (κ1) is 37.4. The van der Waals surface area contributed by atoms with E-state index in [1.165, 1.54) is 0 Å². The molecule has 56 heavy (non-hydrogen) atoms. The number of likely N-dealkylation sites (tertiary alicyclic amines) is 2. The van der Waals surface area contributed by atoms with Crippen molar-refractivity contribution in [3.63, 3.8) is 0 Å². The van der Waals surface area contributed by atoms with Crippen molar-refractivity contribution in [2.24, 2.45) is 11.8 Å². The van der Waals surface area contributed by atoms with Gasteiger partial charge in [-0.05, 0) is 81.8 Å². The van der Waals surface area contributed by atoms with Crippen molar-refractivity contribution in [1.82, 2.24) is 40.4 Å². The van der Waals surface area contributed by atoms with Gasteiger partial charge in [-0.25, -0.2) is 9.97 Å². The van der Waals surface area contributed by atoms with E-state index in [2.05, 4.69) is 37.7 Å². The molecule has 0 radical (unpaired) electrons. The van der Waals surface area contributed by atoms with Crippen LogP contribution in [0.4, 0.5) is 0 Å². The Morgan fingerprint density at radius 3 is 1.64 bits per heavy atom. The molecule has 4 N–H and O–H groups in total. The van der Waals surface area contributed by atoms with Gasteiger partial charge >= 0.3 is 0 Å². The number of nitrogens with one attached hydrogen (secondary N) is 4. The second-order valence-electron chi connectivity index (χ2n) is 15.8. The van der Waals surface area contributed by atoms with Crippen molar-refractivity contribution in [3.8, 4) is 0 Å². The molecule has 0 spiro atoms. The Balaban J connectivity index is 0.819. The quantitative estimate of drug-likeness (QED) is 0.0798. The van der Waals surface area contributed by atoms with Crippen LogP contribution in [0.15, 0.2) is 85.2 Å². The summed E-state index contributed by atoms with van der Waals surface area (Å²) in [6, 6.07) is 17.3. The van der Waals surface area contributed by atoms with E-state index in [0.29, 0.717) is 19.5 Å². The van der Waals surface area contributed by atoms with E-state index in [0.717, 1.165) is 105 Å². The number of rotatable bonds is 16. The van der Waals surface area contributed by atoms with Crippen LogP contribution in [0, 0.1) is 11.8 Å². The van der Waals surface area contributed by atoms with Gasteiger partial charge in [0.1, 0.15) is 23.7 Å². The number of amides is 4. The van der Waals surface area contributed by atoms with Gasteiger partial charge in [0, 0.05) is 55.1 Å². The Morgan fingerprint density at radius 1 is 0.661 bits per heavy atom. The number of imidazole rings is 2. The summed E-state index contributed by atoms with van der Waals surface area (Å²) in [5, 5.41) is 6.08. The van der Waals surface area contributed by atoms with Gasteiger partial charge in [-0.2, -0.15) is 0 Å². The molecular formula is C44H52N8O4. The highest BCUT2D eigenvalue weighted by Crippen LogP contribution is 2.36. The summed E-state index contributed by atoms with van der Waals surface area (Å²) in [6.45, 7) is 1.27. The maximum absolute atomic E-state index is 14.0. The van der Waals surface area contributed by atoms with Crippen LogP contribution in [0.25, 0.3) is 0 Å². The molecule has 12 nitrogen and oxygen atoms in total. The number of H-pyrrole nitrogens is 2. The average molecular weight is 757 g/mol. The fourth-order valence-electron chi connectivity index (χ4n) is 8.10. The number of allylic oxidation sites excluding steroid dienone is 2. The van der Waals surface area contributed by atoms with Gasteiger partial charge < -0.3 is 30.4 Å². The number of unbranched alkanes of at least 4 members (excludes halogenated alkanes) is 1. The molecule has 4 fully saturated rings. The predicted octanol–water partition coefficient (Wildman–Crippen LogP) is 6.12. The Hall–Kier alpha value is -5.52. The Morgan fingerprint density at radius 2 is 1.14 bits per heavy atom. The number of carbonyl (C=O) groups is 4. The van der Waals surface area contributed by atoms with Gasteiger partial charge in [0.2, 0.25) is 23.6 Å². The fourth-order valence-corrected chi connectivity index (χ4v) is 8.10. The Kier molecular flexibility index (Phi) is 11.4. The molecule has 2 aliphatic heterocycles. The lowest BCUT2D eigenvalue weighted by atomic mass is 10.0. The first-order chi connectivity index (χ1) is 27.4. The number of nitrogens with zero attached hydrogens (tertiary/aromatic N) is 4. The van der Waals surface area contributed by atoms with Crippen LogP contribution >= 0.6 is 0 Å². The minimum Gasteiger partial charge on any atom is -0.344 e. The molecular weight excluding hydrogens is 705 g/mol. The van der Waals surface area contributed by atoms with Gasteiger partial charge in [0.05, 0.1) is 12.1 Å². The van der Waals surface area contributed by atoms with Crippen molar-refractivity contribution in [2.75, 3.05) is 13.1 Å². The summed E-state index contributed by atoms with van der Waals surface area (Å²) in [5.41, 5.74) is 3.64. The second-order valence-corrected chi connectivity index (χ2v) is 15.8. The molecule has 0 bridgehead atoms. The number of aromatic nitrogens is 4. The lowest BCUT2D eigenvalue weighted by molar-refractivity contribution is -0.138. The van der Waals surface area contributed by atoms with Crippen LogP contribution in [0.2, 0.25) is 0 Å². The standard InChI is InChI=1S/C44H52N8O4/c53-41(31-21-22-31)49-37(29-13-5-3-6-14-29)43(55)51-25-11-19-35(51)39-45-27-33(47-39)17-9-1-2-10-18-34-28-46-40(48-34)36-20-12-26-52(36)44(56)38(30-15-7-4-8-16-30)50-42(54)32-23-24-32/h1,3-9,13-16,27-28,31-32,35-38H,2,10-12,17-26H2,(H,45,47)(H,46,48)(H,49,53)(H,50,54)/t35-,36-,37-,38-/m0/s1. The normalized spacial score (nSPS) is 20.6. The molecule has 4 atom stereocenters. The smallest absolute Gasteiger partial charge is 0.250 e. The third-order valence-electron chi connectivity index (χ3n) is 11.5. The minimum atomic E-state index is -0.707. The van der Waals surface area contributed by atoms with Crippen LogP contribution in [0.1, 0.15) is 123 Å². The first-order valence-electron chi connectivity index (χ1n) is 20.5. The molecule has 292 valence electrons. The van der Waals surface area contributed by atoms with Crippen molar-refractivity contribution in [1.29, 1.82) is 0 Å². The van der Waals surface area contributed by atoms with Crippen LogP contribution in [0.3, 0.4) is 0 Å². The van der Waals surface area contributed by atoms with Crippen LogP contribution in [0.5, 0.6) is 0 Å². The maximum Gasteiger partial charge on any atom is 0.250 e. The molecule has 2 aromatic carbocycles. The summed E-state index contributed by atoms with van der Waals surface area (Å²) in [6.07, 6.45) is 18.4.